The van der Waals surface area contributed by atoms with Crippen LogP contribution in [0, 0.1) is 12.8 Å². The monoisotopic (exact) mass is 307 g/mol. The van der Waals surface area contributed by atoms with Crippen molar-refractivity contribution in [2.24, 2.45) is 5.92 Å². The summed E-state index contributed by atoms with van der Waals surface area (Å²) < 4.78 is 5.20. The number of Topliss-reactive ketones (excluding diaryl/α,β-unsaturated/α-hetero) is 1. The topological polar surface area (TPSA) is 69.4 Å². The lowest BCUT2D eigenvalue weighted by atomic mass is 10.1. The Morgan fingerprint density at radius 1 is 1.43 bits per heavy atom. The van der Waals surface area contributed by atoms with Crippen LogP contribution in [0.4, 0.5) is 5.69 Å². The average Bonchev–Trinajstić information content (AvgIpc) is 3.22. The molecular weight excluding hydrogens is 290 g/mol. The molecule has 0 bridgehead atoms. The van der Waals surface area contributed by atoms with Gasteiger partial charge in [-0.25, -0.2) is 4.79 Å². The fourth-order valence-electron chi connectivity index (χ4n) is 2.07. The third-order valence-electron chi connectivity index (χ3n) is 3.48. The summed E-state index contributed by atoms with van der Waals surface area (Å²) in [5.41, 5.74) is 7.94. The summed E-state index contributed by atoms with van der Waals surface area (Å²) in [6.45, 7) is 3.30. The Kier molecular flexibility index (Phi) is 4.68. The van der Waals surface area contributed by atoms with Crippen molar-refractivity contribution in [3.05, 3.63) is 34.4 Å². The summed E-state index contributed by atoms with van der Waals surface area (Å²) in [4.78, 5) is 23.2. The number of ether oxygens (including phenoxy) is 1. The number of hydrogen-bond donors (Lipinski definition) is 1. The Bertz CT molecular complexity index is 606. The molecule has 1 aromatic carbocycles. The Morgan fingerprint density at radius 3 is 2.67 bits per heavy atom. The second-order valence-electron chi connectivity index (χ2n) is 5.37. The molecule has 112 valence electrons. The molecule has 0 spiro atoms. The van der Waals surface area contributed by atoms with Gasteiger partial charge in [0.1, 0.15) is 0 Å². The van der Waals surface area contributed by atoms with Crippen molar-refractivity contribution >= 4 is 35.1 Å². The normalized spacial score (nSPS) is 16.0. The van der Waals surface area contributed by atoms with E-state index < -0.39 is 12.1 Å². The van der Waals surface area contributed by atoms with Crippen LogP contribution in [-0.4, -0.2) is 17.9 Å². The molecule has 0 radical (unpaired) electrons. The first-order valence-corrected chi connectivity index (χ1v) is 7.21. The Morgan fingerprint density at radius 2 is 2.10 bits per heavy atom. The van der Waals surface area contributed by atoms with Crippen LogP contribution < -0.4 is 5.73 Å². The third-order valence-corrected chi connectivity index (χ3v) is 3.81. The molecule has 1 aliphatic rings. The lowest BCUT2D eigenvalue weighted by molar-refractivity contribution is -0.150. The zero-order valence-corrected chi connectivity index (χ0v) is 12.8. The highest BCUT2D eigenvalue weighted by Crippen LogP contribution is 2.34. The molecule has 5 heteroatoms. The number of aryl methyl sites for hydroxylation is 1. The van der Waals surface area contributed by atoms with Gasteiger partial charge in [0, 0.05) is 22.7 Å². The highest BCUT2D eigenvalue weighted by Gasteiger charge is 2.36. The first-order chi connectivity index (χ1) is 9.88. The quantitative estimate of drug-likeness (QED) is 0.515. The Hall–Kier alpha value is -1.81. The van der Waals surface area contributed by atoms with E-state index in [0.717, 1.165) is 18.4 Å². The minimum absolute atomic E-state index is 0.114. The van der Waals surface area contributed by atoms with Crippen LogP contribution in [0.15, 0.2) is 18.2 Å². The summed E-state index contributed by atoms with van der Waals surface area (Å²) in [6.07, 6.45) is 4.06. The first-order valence-electron chi connectivity index (χ1n) is 6.83. The Balaban J connectivity index is 2.05. The van der Waals surface area contributed by atoms with E-state index in [9.17, 15) is 9.59 Å². The van der Waals surface area contributed by atoms with E-state index in [2.05, 4.69) is 0 Å². The van der Waals surface area contributed by atoms with Crippen LogP contribution in [0.25, 0.3) is 6.08 Å². The molecule has 2 rings (SSSR count). The number of hydrogen-bond acceptors (Lipinski definition) is 4. The van der Waals surface area contributed by atoms with Gasteiger partial charge in [0.15, 0.2) is 11.9 Å². The van der Waals surface area contributed by atoms with E-state index in [4.69, 9.17) is 22.1 Å². The second-order valence-corrected chi connectivity index (χ2v) is 5.78. The van der Waals surface area contributed by atoms with Crippen molar-refractivity contribution in [2.75, 3.05) is 5.73 Å². The van der Waals surface area contributed by atoms with Crippen molar-refractivity contribution in [1.82, 2.24) is 0 Å². The number of rotatable bonds is 5. The van der Waals surface area contributed by atoms with Crippen molar-refractivity contribution < 1.29 is 14.3 Å². The number of ketones is 1. The van der Waals surface area contributed by atoms with Gasteiger partial charge in [0.05, 0.1) is 0 Å². The van der Waals surface area contributed by atoms with E-state index in [1.807, 2.05) is 6.92 Å². The average molecular weight is 308 g/mol. The molecule has 1 unspecified atom stereocenters. The van der Waals surface area contributed by atoms with Gasteiger partial charge < -0.3 is 10.5 Å². The Labute approximate surface area is 128 Å². The smallest absolute Gasteiger partial charge is 0.331 e. The summed E-state index contributed by atoms with van der Waals surface area (Å²) in [7, 11) is 0. The lowest BCUT2D eigenvalue weighted by Gasteiger charge is -2.12. The molecule has 0 heterocycles. The van der Waals surface area contributed by atoms with Crippen LogP contribution in [0.3, 0.4) is 0 Å². The highest BCUT2D eigenvalue weighted by atomic mass is 35.5. The fraction of sp³-hybridized carbons (Fsp3) is 0.375. The molecule has 0 saturated heterocycles. The first kappa shape index (κ1) is 15.6. The molecule has 1 atom stereocenters. The van der Waals surface area contributed by atoms with Crippen molar-refractivity contribution in [2.45, 2.75) is 32.8 Å². The number of anilines is 1. The van der Waals surface area contributed by atoms with Gasteiger partial charge in [0.25, 0.3) is 0 Å². The van der Waals surface area contributed by atoms with E-state index in [0.29, 0.717) is 16.3 Å². The number of nitrogen functional groups attached to an aromatic ring is 1. The minimum atomic E-state index is -0.624. The van der Waals surface area contributed by atoms with Crippen LogP contribution in [0.5, 0.6) is 0 Å². The number of carbonyl (C=O) groups is 2. The van der Waals surface area contributed by atoms with Crippen molar-refractivity contribution in [3.8, 4) is 0 Å². The van der Waals surface area contributed by atoms with Gasteiger partial charge in [-0.3, -0.25) is 4.79 Å². The lowest BCUT2D eigenvalue weighted by Crippen LogP contribution is -2.26. The van der Waals surface area contributed by atoms with E-state index in [-0.39, 0.29) is 11.7 Å². The van der Waals surface area contributed by atoms with E-state index in [1.165, 1.54) is 13.0 Å². The fourth-order valence-corrected chi connectivity index (χ4v) is 2.35. The molecule has 1 aromatic rings. The number of carbonyl (C=O) groups excluding carboxylic acids is 2. The second kappa shape index (κ2) is 6.31. The predicted octanol–water partition coefficient (Wildman–Crippen LogP) is 3.15. The number of halogens is 1. The number of benzene rings is 1. The van der Waals surface area contributed by atoms with Crippen molar-refractivity contribution in [3.63, 3.8) is 0 Å². The maximum atomic E-state index is 11.8. The molecule has 4 nitrogen and oxygen atoms in total. The largest absolute Gasteiger partial charge is 0.451 e. The molecule has 2 N–H and O–H groups in total. The van der Waals surface area contributed by atoms with Gasteiger partial charge in [-0.15, -0.1) is 0 Å². The summed E-state index contributed by atoms with van der Waals surface area (Å²) in [6, 6.07) is 3.44. The molecule has 1 aliphatic carbocycles. The van der Waals surface area contributed by atoms with E-state index in [1.54, 1.807) is 18.2 Å². The van der Waals surface area contributed by atoms with Crippen LogP contribution in [0.1, 0.15) is 30.9 Å². The van der Waals surface area contributed by atoms with Crippen LogP contribution in [0.2, 0.25) is 5.02 Å². The van der Waals surface area contributed by atoms with Crippen LogP contribution >= 0.6 is 11.6 Å². The van der Waals surface area contributed by atoms with Gasteiger partial charge in [0.2, 0.25) is 0 Å². The standard InChI is InChI=1S/C16H18ClNO3/c1-9-7-13(17)12(8-14(9)18)5-6-15(20)21-16(10(2)19)11-3-4-11/h5-8,11,16H,3-4,18H2,1-2H3. The molecule has 1 saturated carbocycles. The molecular formula is C16H18ClNO3. The molecule has 21 heavy (non-hydrogen) atoms. The van der Waals surface area contributed by atoms with Crippen molar-refractivity contribution in [1.29, 1.82) is 0 Å². The van der Waals surface area contributed by atoms with Gasteiger partial charge in [-0.1, -0.05) is 11.6 Å². The zero-order valence-electron chi connectivity index (χ0n) is 12.1. The summed E-state index contributed by atoms with van der Waals surface area (Å²) in [5.74, 6) is -0.479. The summed E-state index contributed by atoms with van der Waals surface area (Å²) in [5, 5.41) is 0.510. The predicted molar refractivity (Wildman–Crippen MR) is 82.9 cm³/mol. The SMILES string of the molecule is CC(=O)C(OC(=O)C=Cc1cc(N)c(C)cc1Cl)C1CC1. The van der Waals surface area contributed by atoms with Gasteiger partial charge >= 0.3 is 5.97 Å². The molecule has 0 amide bonds. The maximum absolute atomic E-state index is 11.8. The molecule has 0 aromatic heterocycles. The van der Waals surface area contributed by atoms with Gasteiger partial charge in [-0.05, 0) is 56.0 Å². The summed E-state index contributed by atoms with van der Waals surface area (Å²) >= 11 is 6.09. The van der Waals surface area contributed by atoms with Crippen LogP contribution in [-0.2, 0) is 14.3 Å². The third kappa shape index (κ3) is 4.08. The van der Waals surface area contributed by atoms with Gasteiger partial charge in [-0.2, -0.15) is 0 Å². The number of nitrogens with two attached hydrogens (primary N) is 1. The highest BCUT2D eigenvalue weighted by molar-refractivity contribution is 6.32. The molecule has 1 fully saturated rings. The minimum Gasteiger partial charge on any atom is -0.451 e. The number of esters is 1. The zero-order chi connectivity index (χ0) is 15.6. The molecule has 0 aliphatic heterocycles. The van der Waals surface area contributed by atoms with E-state index >= 15 is 0 Å². The maximum Gasteiger partial charge on any atom is 0.331 e.